The van der Waals surface area contributed by atoms with Gasteiger partial charge < -0.3 is 24.7 Å². The predicted molar refractivity (Wildman–Crippen MR) is 126 cm³/mol. The lowest BCUT2D eigenvalue weighted by Gasteiger charge is -2.54. The number of fused-ring (bicyclic) bond motifs is 1. The molecule has 2 N–H and O–H groups in total. The van der Waals surface area contributed by atoms with Crippen LogP contribution in [0.3, 0.4) is 0 Å². The first-order valence-electron chi connectivity index (χ1n) is 10.8. The molecule has 2 aromatic heterocycles. The summed E-state index contributed by atoms with van der Waals surface area (Å²) in [4.78, 5) is 20.1. The lowest BCUT2D eigenvalue weighted by Crippen LogP contribution is -2.69. The van der Waals surface area contributed by atoms with Crippen molar-refractivity contribution in [1.29, 1.82) is 5.26 Å². The van der Waals surface area contributed by atoms with E-state index in [1.165, 1.54) is 0 Å². The number of hydrogen-bond donors (Lipinski definition) is 2. The zero-order valence-electron chi connectivity index (χ0n) is 18.0. The molecule has 8 nitrogen and oxygen atoms in total. The molecule has 3 aliphatic heterocycles. The lowest BCUT2D eigenvalue weighted by atomic mass is 9.78. The van der Waals surface area contributed by atoms with Gasteiger partial charge in [0.2, 0.25) is 0 Å². The van der Waals surface area contributed by atoms with Crippen LogP contribution in [0, 0.1) is 23.7 Å². The van der Waals surface area contributed by atoms with Crippen molar-refractivity contribution in [2.45, 2.75) is 12.4 Å². The van der Waals surface area contributed by atoms with Crippen LogP contribution >= 0.6 is 11.8 Å². The third-order valence-corrected chi connectivity index (χ3v) is 7.51. The quantitative estimate of drug-likeness (QED) is 0.627. The van der Waals surface area contributed by atoms with Crippen LogP contribution in [-0.4, -0.2) is 52.1 Å². The first kappa shape index (κ1) is 20.1. The van der Waals surface area contributed by atoms with Crippen LogP contribution < -0.4 is 10.6 Å². The Bertz CT molecular complexity index is 1340. The minimum absolute atomic E-state index is 0.0786. The first-order valence-corrected chi connectivity index (χ1v) is 11.7. The summed E-state index contributed by atoms with van der Waals surface area (Å²) in [6.45, 7) is 5.01. The van der Waals surface area contributed by atoms with E-state index in [9.17, 15) is 10.1 Å². The van der Waals surface area contributed by atoms with Gasteiger partial charge in [0.1, 0.15) is 5.65 Å². The number of imidazole rings is 1. The van der Waals surface area contributed by atoms with Crippen LogP contribution in [0.5, 0.6) is 0 Å². The fourth-order valence-corrected chi connectivity index (χ4v) is 5.77. The van der Waals surface area contributed by atoms with Gasteiger partial charge in [-0.15, -0.1) is 0 Å². The van der Waals surface area contributed by atoms with E-state index in [1.54, 1.807) is 24.0 Å². The standard InChI is InChI=1S/C24H22N6O2S/c1-15-7-18(10-29-6-5-26-21(15)29)20-19(17-4-2-3-16(8-17)9-25)27-22(33-20)28-23(31)30-11-24(12-30)13-32-14-24/h2-8,10,22,27H,11-14H2,1H3,(H,28,31). The Balaban J connectivity index is 1.30. The second-order valence-corrected chi connectivity index (χ2v) is 10.0. The van der Waals surface area contributed by atoms with E-state index in [0.717, 1.165) is 59.2 Å². The fraction of sp³-hybridized carbons (Fsp3) is 0.292. The maximum Gasteiger partial charge on any atom is 0.319 e. The molecule has 0 aliphatic carbocycles. The van der Waals surface area contributed by atoms with Crippen molar-refractivity contribution in [2.24, 2.45) is 5.41 Å². The van der Waals surface area contributed by atoms with E-state index in [1.807, 2.05) is 46.8 Å². The van der Waals surface area contributed by atoms with E-state index in [0.29, 0.717) is 5.56 Å². The molecule has 2 saturated heterocycles. The normalized spacial score (nSPS) is 20.8. The number of thioether (sulfide) groups is 1. The van der Waals surface area contributed by atoms with Crippen LogP contribution in [0.1, 0.15) is 22.3 Å². The molecule has 5 heterocycles. The summed E-state index contributed by atoms with van der Waals surface area (Å²) in [6, 6.07) is 11.8. The van der Waals surface area contributed by atoms with Gasteiger partial charge in [-0.2, -0.15) is 5.26 Å². The molecule has 1 unspecified atom stereocenters. The highest BCUT2D eigenvalue weighted by atomic mass is 32.2. The Morgan fingerprint density at radius 3 is 2.94 bits per heavy atom. The SMILES string of the molecule is Cc1cc(C2=C(c3cccc(C#N)c3)NC(NC(=O)N3CC4(COC4)C3)S2)cn2ccnc12. The summed E-state index contributed by atoms with van der Waals surface area (Å²) in [7, 11) is 0. The molecule has 1 spiro atoms. The molecule has 0 radical (unpaired) electrons. The van der Waals surface area contributed by atoms with Crippen LogP contribution in [0.2, 0.25) is 0 Å². The van der Waals surface area contributed by atoms with Crippen molar-refractivity contribution >= 4 is 34.0 Å². The summed E-state index contributed by atoms with van der Waals surface area (Å²) in [5.41, 5.74) is 5.27. The molecule has 1 aromatic carbocycles. The zero-order chi connectivity index (χ0) is 22.6. The van der Waals surface area contributed by atoms with Gasteiger partial charge in [0.15, 0.2) is 5.50 Å². The van der Waals surface area contributed by atoms with E-state index in [4.69, 9.17) is 4.74 Å². The van der Waals surface area contributed by atoms with E-state index < -0.39 is 0 Å². The number of aryl methyl sites for hydroxylation is 1. The van der Waals surface area contributed by atoms with E-state index in [-0.39, 0.29) is 16.9 Å². The minimum atomic E-state index is -0.318. The lowest BCUT2D eigenvalue weighted by molar-refractivity contribution is -0.175. The zero-order valence-corrected chi connectivity index (χ0v) is 18.9. The number of rotatable bonds is 3. The van der Waals surface area contributed by atoms with Crippen LogP contribution in [0.4, 0.5) is 4.79 Å². The van der Waals surface area contributed by atoms with Crippen molar-refractivity contribution in [2.75, 3.05) is 26.3 Å². The van der Waals surface area contributed by atoms with Gasteiger partial charge >= 0.3 is 6.03 Å². The highest BCUT2D eigenvalue weighted by molar-refractivity contribution is 8.09. The fourth-order valence-electron chi connectivity index (χ4n) is 4.66. The maximum atomic E-state index is 12.8. The third-order valence-electron chi connectivity index (χ3n) is 6.36. The number of nitrogens with one attached hydrogen (secondary N) is 2. The number of carbonyl (C=O) groups excluding carboxylic acids is 1. The summed E-state index contributed by atoms with van der Waals surface area (Å²) >= 11 is 1.57. The highest BCUT2D eigenvalue weighted by Gasteiger charge is 2.51. The molecule has 33 heavy (non-hydrogen) atoms. The molecule has 3 aliphatic rings. The van der Waals surface area contributed by atoms with Gasteiger partial charge in [0, 0.05) is 47.7 Å². The predicted octanol–water partition coefficient (Wildman–Crippen LogP) is 3.00. The number of nitriles is 1. The number of benzene rings is 1. The molecule has 166 valence electrons. The topological polar surface area (TPSA) is 94.7 Å². The van der Waals surface area contributed by atoms with Gasteiger partial charge in [0.05, 0.1) is 36.0 Å². The van der Waals surface area contributed by atoms with Crippen molar-refractivity contribution in [1.82, 2.24) is 24.9 Å². The van der Waals surface area contributed by atoms with Crippen molar-refractivity contribution in [3.8, 4) is 6.07 Å². The molecular formula is C24H22N6O2S. The second-order valence-electron chi connectivity index (χ2n) is 8.91. The Kier molecular flexibility index (Phi) is 4.60. The summed E-state index contributed by atoms with van der Waals surface area (Å²) < 4.78 is 7.32. The maximum absolute atomic E-state index is 12.8. The molecule has 1 atom stereocenters. The van der Waals surface area contributed by atoms with Crippen molar-refractivity contribution in [3.63, 3.8) is 0 Å². The molecule has 3 aromatic rings. The summed E-state index contributed by atoms with van der Waals surface area (Å²) in [6.07, 6.45) is 5.76. The first-order chi connectivity index (χ1) is 16.0. The van der Waals surface area contributed by atoms with E-state index >= 15 is 0 Å². The number of nitrogens with zero attached hydrogens (tertiary/aromatic N) is 4. The Hall–Kier alpha value is -3.48. The molecule has 0 bridgehead atoms. The third kappa shape index (κ3) is 3.43. The van der Waals surface area contributed by atoms with Gasteiger partial charge in [-0.25, -0.2) is 9.78 Å². The Morgan fingerprint density at radius 1 is 1.33 bits per heavy atom. The number of pyridine rings is 1. The number of amides is 2. The molecule has 9 heteroatoms. The number of carbonyl (C=O) groups is 1. The second kappa shape index (κ2) is 7.54. The average Bonchev–Trinajstić information content (AvgIpc) is 3.39. The van der Waals surface area contributed by atoms with Gasteiger partial charge in [-0.1, -0.05) is 23.9 Å². The molecular weight excluding hydrogens is 436 g/mol. The largest absolute Gasteiger partial charge is 0.380 e. The Morgan fingerprint density at radius 2 is 2.18 bits per heavy atom. The smallest absolute Gasteiger partial charge is 0.319 e. The van der Waals surface area contributed by atoms with Crippen molar-refractivity contribution in [3.05, 3.63) is 71.2 Å². The minimum Gasteiger partial charge on any atom is -0.380 e. The summed E-state index contributed by atoms with van der Waals surface area (Å²) in [5.74, 6) is 0. The van der Waals surface area contributed by atoms with Gasteiger partial charge in [-0.05, 0) is 30.7 Å². The monoisotopic (exact) mass is 458 g/mol. The van der Waals surface area contributed by atoms with Gasteiger partial charge in [0.25, 0.3) is 0 Å². The van der Waals surface area contributed by atoms with Crippen LogP contribution in [-0.2, 0) is 4.74 Å². The number of likely N-dealkylation sites (tertiary alicyclic amines) is 1. The highest BCUT2D eigenvalue weighted by Crippen LogP contribution is 2.42. The number of hydrogen-bond acceptors (Lipinski definition) is 6. The van der Waals surface area contributed by atoms with Crippen LogP contribution in [0.25, 0.3) is 16.2 Å². The van der Waals surface area contributed by atoms with Crippen LogP contribution in [0.15, 0.2) is 48.9 Å². The Labute approximate surface area is 195 Å². The average molecular weight is 459 g/mol. The molecule has 2 amide bonds. The summed E-state index contributed by atoms with van der Waals surface area (Å²) in [5, 5.41) is 16.0. The van der Waals surface area contributed by atoms with Gasteiger partial charge in [-0.3, -0.25) is 0 Å². The molecule has 2 fully saturated rings. The number of urea groups is 1. The number of ether oxygens (including phenoxy) is 1. The number of aromatic nitrogens is 2. The molecule has 0 saturated carbocycles. The van der Waals surface area contributed by atoms with E-state index in [2.05, 4.69) is 27.8 Å². The molecule has 6 rings (SSSR count). The van der Waals surface area contributed by atoms with Crippen molar-refractivity contribution < 1.29 is 9.53 Å².